The van der Waals surface area contributed by atoms with Crippen LogP contribution in [0.3, 0.4) is 0 Å². The molecule has 1 N–H and O–H groups in total. The highest BCUT2D eigenvalue weighted by molar-refractivity contribution is 7.99. The van der Waals surface area contributed by atoms with Crippen molar-refractivity contribution in [3.05, 3.63) is 0 Å². The Hall–Kier alpha value is 0.110. The molecule has 1 aliphatic heterocycles. The Labute approximate surface area is 114 Å². The molecule has 0 aromatic carbocycles. The molecule has 0 aromatic heterocycles. The summed E-state index contributed by atoms with van der Waals surface area (Å²) in [7, 11) is 0. The molecule has 0 unspecified atom stereocenters. The smallest absolute Gasteiger partial charge is 0.220 e. The third-order valence-electron chi connectivity index (χ3n) is 3.35. The largest absolute Gasteiger partial charge is 0.356 e. The van der Waals surface area contributed by atoms with Crippen LogP contribution < -0.4 is 5.32 Å². The lowest BCUT2D eigenvalue weighted by molar-refractivity contribution is -0.122. The van der Waals surface area contributed by atoms with Gasteiger partial charge in [0.25, 0.3) is 0 Å². The van der Waals surface area contributed by atoms with E-state index in [2.05, 4.69) is 19.2 Å². The SMILES string of the molecule is CC(C)(CCCl)CNC(=O)CC1CCSCC1. The molecule has 1 aliphatic rings. The second kappa shape index (κ2) is 7.52. The van der Waals surface area contributed by atoms with E-state index in [1.54, 1.807) is 0 Å². The van der Waals surface area contributed by atoms with Gasteiger partial charge in [0, 0.05) is 18.8 Å². The molecule has 2 nitrogen and oxygen atoms in total. The fourth-order valence-corrected chi connectivity index (χ4v) is 3.68. The van der Waals surface area contributed by atoms with Crippen molar-refractivity contribution in [3.8, 4) is 0 Å². The van der Waals surface area contributed by atoms with E-state index >= 15 is 0 Å². The molecule has 0 aliphatic carbocycles. The van der Waals surface area contributed by atoms with Gasteiger partial charge in [0.2, 0.25) is 5.91 Å². The number of hydrogen-bond acceptors (Lipinski definition) is 2. The van der Waals surface area contributed by atoms with Crippen molar-refractivity contribution in [1.29, 1.82) is 0 Å². The van der Waals surface area contributed by atoms with Gasteiger partial charge < -0.3 is 5.32 Å². The average Bonchev–Trinajstić information content (AvgIpc) is 2.28. The molecule has 0 spiro atoms. The summed E-state index contributed by atoms with van der Waals surface area (Å²) in [5.41, 5.74) is 0.111. The normalized spacial score (nSPS) is 18.1. The minimum Gasteiger partial charge on any atom is -0.356 e. The molecule has 17 heavy (non-hydrogen) atoms. The van der Waals surface area contributed by atoms with Crippen LogP contribution in [0.25, 0.3) is 0 Å². The van der Waals surface area contributed by atoms with E-state index in [0.717, 1.165) is 13.0 Å². The van der Waals surface area contributed by atoms with Crippen molar-refractivity contribution >= 4 is 29.3 Å². The molecule has 1 rings (SSSR count). The van der Waals surface area contributed by atoms with Crippen molar-refractivity contribution in [2.45, 2.75) is 39.5 Å². The first kappa shape index (κ1) is 15.2. The zero-order valence-electron chi connectivity index (χ0n) is 10.9. The summed E-state index contributed by atoms with van der Waals surface area (Å²) in [5.74, 6) is 3.91. The van der Waals surface area contributed by atoms with E-state index in [9.17, 15) is 4.79 Å². The van der Waals surface area contributed by atoms with Crippen molar-refractivity contribution < 1.29 is 4.79 Å². The van der Waals surface area contributed by atoms with Crippen LogP contribution in [0.5, 0.6) is 0 Å². The van der Waals surface area contributed by atoms with Crippen LogP contribution in [0.1, 0.15) is 39.5 Å². The van der Waals surface area contributed by atoms with Crippen molar-refractivity contribution in [3.63, 3.8) is 0 Å². The number of carbonyl (C=O) groups is 1. The van der Waals surface area contributed by atoms with E-state index in [4.69, 9.17) is 11.6 Å². The molecular weight excluding hydrogens is 254 g/mol. The van der Waals surface area contributed by atoms with Gasteiger partial charge in [-0.25, -0.2) is 0 Å². The molecule has 4 heteroatoms. The zero-order valence-corrected chi connectivity index (χ0v) is 12.5. The van der Waals surface area contributed by atoms with Gasteiger partial charge in [0.1, 0.15) is 0 Å². The lowest BCUT2D eigenvalue weighted by Gasteiger charge is -2.25. The molecule has 1 saturated heterocycles. The minimum absolute atomic E-state index is 0.111. The number of hydrogen-bond donors (Lipinski definition) is 1. The maximum Gasteiger partial charge on any atom is 0.220 e. The zero-order chi connectivity index (χ0) is 12.7. The molecule has 1 fully saturated rings. The van der Waals surface area contributed by atoms with Crippen molar-refractivity contribution in [1.82, 2.24) is 5.32 Å². The maximum absolute atomic E-state index is 11.8. The Bertz CT molecular complexity index is 240. The summed E-state index contributed by atoms with van der Waals surface area (Å²) in [6.45, 7) is 5.03. The van der Waals surface area contributed by atoms with Crippen LogP contribution in [0, 0.1) is 11.3 Å². The van der Waals surface area contributed by atoms with Crippen molar-refractivity contribution in [2.75, 3.05) is 23.9 Å². The van der Waals surface area contributed by atoms with Gasteiger partial charge in [0.05, 0.1) is 0 Å². The van der Waals surface area contributed by atoms with E-state index in [0.29, 0.717) is 18.2 Å². The van der Waals surface area contributed by atoms with Gasteiger partial charge >= 0.3 is 0 Å². The minimum atomic E-state index is 0.111. The van der Waals surface area contributed by atoms with Gasteiger partial charge in [-0.3, -0.25) is 4.79 Å². The van der Waals surface area contributed by atoms with Crippen LogP contribution in [0.4, 0.5) is 0 Å². The fourth-order valence-electron chi connectivity index (χ4n) is 1.97. The quantitative estimate of drug-likeness (QED) is 0.755. The number of carbonyl (C=O) groups excluding carboxylic acids is 1. The molecule has 0 atom stereocenters. The molecule has 0 bridgehead atoms. The van der Waals surface area contributed by atoms with Crippen molar-refractivity contribution in [2.24, 2.45) is 11.3 Å². The Kier molecular flexibility index (Phi) is 6.71. The first-order chi connectivity index (χ1) is 8.03. The first-order valence-electron chi connectivity index (χ1n) is 6.44. The molecule has 100 valence electrons. The van der Waals surface area contributed by atoms with Gasteiger partial charge in [-0.1, -0.05) is 13.8 Å². The summed E-state index contributed by atoms with van der Waals surface area (Å²) in [4.78, 5) is 11.8. The summed E-state index contributed by atoms with van der Waals surface area (Å²) in [6.07, 6.45) is 4.04. The highest BCUT2D eigenvalue weighted by Gasteiger charge is 2.20. The Morgan fingerprint density at radius 1 is 1.41 bits per heavy atom. The van der Waals surface area contributed by atoms with Crippen LogP contribution in [0.15, 0.2) is 0 Å². The summed E-state index contributed by atoms with van der Waals surface area (Å²) >= 11 is 7.75. The van der Waals surface area contributed by atoms with Crippen LogP contribution in [-0.2, 0) is 4.79 Å². The topological polar surface area (TPSA) is 29.1 Å². The fraction of sp³-hybridized carbons (Fsp3) is 0.923. The molecule has 0 radical (unpaired) electrons. The lowest BCUT2D eigenvalue weighted by Crippen LogP contribution is -2.35. The van der Waals surface area contributed by atoms with Crippen LogP contribution in [0.2, 0.25) is 0 Å². The predicted molar refractivity (Wildman–Crippen MR) is 76.8 cm³/mol. The van der Waals surface area contributed by atoms with Gasteiger partial charge in [-0.2, -0.15) is 11.8 Å². The monoisotopic (exact) mass is 277 g/mol. The Morgan fingerprint density at radius 3 is 2.65 bits per heavy atom. The molecule has 1 amide bonds. The average molecular weight is 278 g/mol. The number of rotatable bonds is 6. The molecule has 0 saturated carbocycles. The maximum atomic E-state index is 11.8. The van der Waals surface area contributed by atoms with E-state index < -0.39 is 0 Å². The number of amides is 1. The van der Waals surface area contributed by atoms with E-state index in [-0.39, 0.29) is 11.3 Å². The standard InChI is InChI=1S/C13H24ClNOS/c1-13(2,5-6-14)10-15-12(16)9-11-3-7-17-8-4-11/h11H,3-10H2,1-2H3,(H,15,16). The van der Waals surface area contributed by atoms with E-state index in [1.807, 2.05) is 11.8 Å². The second-order valence-electron chi connectivity index (χ2n) is 5.64. The number of thioether (sulfide) groups is 1. The predicted octanol–water partition coefficient (Wildman–Crippen LogP) is 3.29. The Balaban J connectivity index is 2.20. The third kappa shape index (κ3) is 6.56. The first-order valence-corrected chi connectivity index (χ1v) is 8.13. The molecule has 0 aromatic rings. The second-order valence-corrected chi connectivity index (χ2v) is 7.24. The lowest BCUT2D eigenvalue weighted by atomic mass is 9.90. The third-order valence-corrected chi connectivity index (χ3v) is 4.59. The summed E-state index contributed by atoms with van der Waals surface area (Å²) < 4.78 is 0. The summed E-state index contributed by atoms with van der Waals surface area (Å²) in [5, 5.41) is 3.05. The van der Waals surface area contributed by atoms with Gasteiger partial charge in [-0.05, 0) is 42.1 Å². The molecule has 1 heterocycles. The van der Waals surface area contributed by atoms with E-state index in [1.165, 1.54) is 24.3 Å². The van der Waals surface area contributed by atoms with Crippen LogP contribution in [-0.4, -0.2) is 29.8 Å². The Morgan fingerprint density at radius 2 is 2.06 bits per heavy atom. The van der Waals surface area contributed by atoms with Gasteiger partial charge in [0.15, 0.2) is 0 Å². The van der Waals surface area contributed by atoms with Gasteiger partial charge in [-0.15, -0.1) is 11.6 Å². The number of alkyl halides is 1. The highest BCUT2D eigenvalue weighted by Crippen LogP contribution is 2.25. The molecular formula is C13H24ClNOS. The number of nitrogens with one attached hydrogen (secondary N) is 1. The summed E-state index contributed by atoms with van der Waals surface area (Å²) in [6, 6.07) is 0. The van der Waals surface area contributed by atoms with Crippen LogP contribution >= 0.6 is 23.4 Å². The number of halogens is 1. The highest BCUT2D eigenvalue weighted by atomic mass is 35.5.